The minimum atomic E-state index is -1.42. The van der Waals surface area contributed by atoms with Crippen molar-refractivity contribution in [3.8, 4) is 0 Å². The Balaban J connectivity index is 2.27. The summed E-state index contributed by atoms with van der Waals surface area (Å²) in [6.07, 6.45) is -1.42. The number of nitro groups is 1. The molecular weight excluding hydrogens is 278 g/mol. The quantitative estimate of drug-likeness (QED) is 0.503. The van der Waals surface area contributed by atoms with Gasteiger partial charge in [0.1, 0.15) is 6.10 Å². The summed E-state index contributed by atoms with van der Waals surface area (Å²) in [5.74, 6) is -1.32. The normalized spacial score (nSPS) is 13.7. The van der Waals surface area contributed by atoms with Gasteiger partial charge >= 0.3 is 0 Å². The maximum absolute atomic E-state index is 12.1. The average molecular weight is 291 g/mol. The summed E-state index contributed by atoms with van der Waals surface area (Å²) < 4.78 is 0. The van der Waals surface area contributed by atoms with E-state index in [1.807, 2.05) is 0 Å². The molecule has 0 amide bonds. The van der Waals surface area contributed by atoms with E-state index >= 15 is 0 Å². The van der Waals surface area contributed by atoms with Crippen LogP contribution in [0.5, 0.6) is 0 Å². The first kappa shape index (κ1) is 14.4. The Morgan fingerprint density at radius 1 is 1.25 bits per heavy atom. The molecule has 1 N–H and O–H groups in total. The third-order valence-electron chi connectivity index (χ3n) is 2.99. The number of carbonyl (C=O) groups excluding carboxylic acids is 1. The predicted octanol–water partition coefficient (Wildman–Crippen LogP) is 2.35. The van der Waals surface area contributed by atoms with E-state index in [4.69, 9.17) is 0 Å². The highest BCUT2D eigenvalue weighted by Crippen LogP contribution is 2.24. The van der Waals surface area contributed by atoms with Gasteiger partial charge in [-0.3, -0.25) is 14.9 Å². The van der Waals surface area contributed by atoms with E-state index in [2.05, 4.69) is 0 Å². The molecule has 1 heterocycles. The van der Waals surface area contributed by atoms with Crippen LogP contribution < -0.4 is 0 Å². The molecule has 0 aliphatic heterocycles. The maximum Gasteiger partial charge on any atom is 0.213 e. The highest BCUT2D eigenvalue weighted by molar-refractivity contribution is 7.12. The molecule has 2 rings (SSSR count). The monoisotopic (exact) mass is 291 g/mol. The first-order valence-electron chi connectivity index (χ1n) is 6.02. The van der Waals surface area contributed by atoms with Gasteiger partial charge in [0.15, 0.2) is 0 Å². The van der Waals surface area contributed by atoms with Gasteiger partial charge in [0.2, 0.25) is 12.3 Å². The van der Waals surface area contributed by atoms with Crippen molar-refractivity contribution in [1.29, 1.82) is 0 Å². The fraction of sp³-hybridized carbons (Fsp3) is 0.214. The average Bonchev–Trinajstić information content (AvgIpc) is 2.98. The van der Waals surface area contributed by atoms with Gasteiger partial charge in [-0.2, -0.15) is 0 Å². The Labute approximate surface area is 119 Å². The molecule has 0 saturated carbocycles. The van der Waals surface area contributed by atoms with Crippen LogP contribution in [0.2, 0.25) is 0 Å². The summed E-state index contributed by atoms with van der Waals surface area (Å²) >= 11 is 1.21. The van der Waals surface area contributed by atoms with Crippen molar-refractivity contribution in [3.05, 3.63) is 68.4 Å². The van der Waals surface area contributed by atoms with E-state index in [1.165, 1.54) is 11.3 Å². The first-order valence-corrected chi connectivity index (χ1v) is 6.90. The molecule has 0 spiro atoms. The second kappa shape index (κ2) is 6.40. The van der Waals surface area contributed by atoms with Crippen LogP contribution in [0.25, 0.3) is 0 Å². The molecule has 0 aliphatic rings. The van der Waals surface area contributed by atoms with Crippen LogP contribution in [0.1, 0.15) is 21.2 Å². The van der Waals surface area contributed by atoms with Crippen LogP contribution in [-0.2, 0) is 0 Å². The number of aliphatic hydroxyl groups is 1. The summed E-state index contributed by atoms with van der Waals surface area (Å²) in [4.78, 5) is 22.8. The second-order valence-electron chi connectivity index (χ2n) is 4.32. The lowest BCUT2D eigenvalue weighted by molar-refractivity contribution is -0.484. The molecular formula is C14H13NO4S. The number of carbonyl (C=O) groups is 1. The van der Waals surface area contributed by atoms with Gasteiger partial charge in [0.05, 0.1) is 10.8 Å². The zero-order valence-electron chi connectivity index (χ0n) is 10.5. The number of rotatable bonds is 6. The van der Waals surface area contributed by atoms with Gasteiger partial charge in [0, 0.05) is 4.92 Å². The number of Topliss-reactive ketones (excluding diaryl/α,β-unsaturated/α-hetero) is 1. The Morgan fingerprint density at radius 2 is 1.95 bits per heavy atom. The molecule has 104 valence electrons. The molecule has 0 saturated heterocycles. The molecule has 6 heteroatoms. The molecule has 2 aromatic rings. The second-order valence-corrected chi connectivity index (χ2v) is 5.27. The fourth-order valence-corrected chi connectivity index (χ4v) is 2.69. The number of ketones is 1. The molecule has 0 unspecified atom stereocenters. The third-order valence-corrected chi connectivity index (χ3v) is 3.87. The number of thiophene rings is 1. The highest BCUT2D eigenvalue weighted by Gasteiger charge is 2.32. The van der Waals surface area contributed by atoms with Crippen molar-refractivity contribution >= 4 is 17.1 Å². The molecule has 0 radical (unpaired) electrons. The van der Waals surface area contributed by atoms with Crippen molar-refractivity contribution < 1.29 is 14.8 Å². The lowest BCUT2D eigenvalue weighted by Gasteiger charge is -2.18. The van der Waals surface area contributed by atoms with E-state index < -0.39 is 29.3 Å². The molecule has 0 fully saturated rings. The molecule has 0 aliphatic carbocycles. The Bertz CT molecular complexity index is 582. The number of hydrogen-bond acceptors (Lipinski definition) is 5. The maximum atomic E-state index is 12.1. The zero-order chi connectivity index (χ0) is 14.5. The highest BCUT2D eigenvalue weighted by atomic mass is 32.1. The van der Waals surface area contributed by atoms with Crippen molar-refractivity contribution in [2.24, 2.45) is 0 Å². The van der Waals surface area contributed by atoms with Gasteiger partial charge in [-0.25, -0.2) is 0 Å². The van der Waals surface area contributed by atoms with E-state index in [1.54, 1.807) is 47.8 Å². The Kier molecular flexibility index (Phi) is 4.60. The standard InChI is InChI=1S/C14H13NO4S/c16-13(14(17)12-7-4-8-20-12)11(9-15(18)19)10-5-2-1-3-6-10/h1-8,11,13,16H,9H2/t11-,13+/m1/s1. The predicted molar refractivity (Wildman–Crippen MR) is 75.7 cm³/mol. The smallest absolute Gasteiger partial charge is 0.213 e. The number of nitrogens with zero attached hydrogens (tertiary/aromatic N) is 1. The van der Waals surface area contributed by atoms with Crippen LogP contribution >= 0.6 is 11.3 Å². The van der Waals surface area contributed by atoms with Gasteiger partial charge in [-0.1, -0.05) is 36.4 Å². The van der Waals surface area contributed by atoms with Crippen LogP contribution in [-0.4, -0.2) is 28.5 Å². The first-order chi connectivity index (χ1) is 9.59. The number of benzene rings is 1. The van der Waals surface area contributed by atoms with Gasteiger partial charge in [-0.05, 0) is 17.0 Å². The van der Waals surface area contributed by atoms with Crippen LogP contribution in [0.4, 0.5) is 0 Å². The summed E-state index contributed by atoms with van der Waals surface area (Å²) in [6.45, 7) is -0.484. The minimum absolute atomic E-state index is 0.404. The summed E-state index contributed by atoms with van der Waals surface area (Å²) in [7, 11) is 0. The van der Waals surface area contributed by atoms with Gasteiger partial charge < -0.3 is 5.11 Å². The van der Waals surface area contributed by atoms with Gasteiger partial charge in [-0.15, -0.1) is 11.3 Å². The fourth-order valence-electron chi connectivity index (χ4n) is 2.00. The SMILES string of the molecule is O=C(c1cccs1)[C@@H](O)[C@H](C[N+](=O)[O-])c1ccccc1. The van der Waals surface area contributed by atoms with Crippen LogP contribution in [0, 0.1) is 10.1 Å². The van der Waals surface area contributed by atoms with Crippen molar-refractivity contribution in [2.45, 2.75) is 12.0 Å². The topological polar surface area (TPSA) is 80.4 Å². The van der Waals surface area contributed by atoms with Crippen molar-refractivity contribution in [3.63, 3.8) is 0 Å². The minimum Gasteiger partial charge on any atom is -0.384 e. The molecule has 20 heavy (non-hydrogen) atoms. The lowest BCUT2D eigenvalue weighted by atomic mass is 9.90. The lowest BCUT2D eigenvalue weighted by Crippen LogP contribution is -2.32. The summed E-state index contributed by atoms with van der Waals surface area (Å²) in [5, 5.41) is 22.7. The molecule has 5 nitrogen and oxygen atoms in total. The van der Waals surface area contributed by atoms with E-state index in [-0.39, 0.29) is 0 Å². The molecule has 2 atom stereocenters. The van der Waals surface area contributed by atoms with E-state index in [9.17, 15) is 20.0 Å². The summed E-state index contributed by atoms with van der Waals surface area (Å²) in [6, 6.07) is 11.9. The van der Waals surface area contributed by atoms with E-state index in [0.29, 0.717) is 10.4 Å². The van der Waals surface area contributed by atoms with E-state index in [0.717, 1.165) is 0 Å². The Hall–Kier alpha value is -2.05. The van der Waals surface area contributed by atoms with Crippen molar-refractivity contribution in [1.82, 2.24) is 0 Å². The summed E-state index contributed by atoms with van der Waals surface area (Å²) in [5.41, 5.74) is 0.585. The van der Waals surface area contributed by atoms with Crippen molar-refractivity contribution in [2.75, 3.05) is 6.54 Å². The number of hydrogen-bond donors (Lipinski definition) is 1. The number of aliphatic hydroxyl groups excluding tert-OH is 1. The molecule has 0 bridgehead atoms. The Morgan fingerprint density at radius 3 is 2.50 bits per heavy atom. The largest absolute Gasteiger partial charge is 0.384 e. The van der Waals surface area contributed by atoms with Gasteiger partial charge in [0.25, 0.3) is 0 Å². The molecule has 1 aromatic heterocycles. The van der Waals surface area contributed by atoms with Crippen LogP contribution in [0.15, 0.2) is 47.8 Å². The third kappa shape index (κ3) is 3.28. The van der Waals surface area contributed by atoms with Crippen LogP contribution in [0.3, 0.4) is 0 Å². The molecule has 1 aromatic carbocycles. The zero-order valence-corrected chi connectivity index (χ0v) is 11.3.